The Morgan fingerprint density at radius 3 is 2.58 bits per heavy atom. The lowest BCUT2D eigenvalue weighted by molar-refractivity contribution is 0.0715. The second-order valence-electron chi connectivity index (χ2n) is 4.69. The molecule has 1 unspecified atom stereocenters. The average Bonchev–Trinajstić information content (AvgIpc) is 2.46. The fourth-order valence-corrected chi connectivity index (χ4v) is 1.87. The van der Waals surface area contributed by atoms with Gasteiger partial charge >= 0.3 is 0 Å². The Balaban J connectivity index is 2.07. The van der Waals surface area contributed by atoms with Crippen LogP contribution in [0.4, 0.5) is 5.69 Å². The highest BCUT2D eigenvalue weighted by molar-refractivity contribution is 5.49. The molecule has 2 aromatic carbocycles. The van der Waals surface area contributed by atoms with Gasteiger partial charge in [0.1, 0.15) is 5.60 Å². The smallest absolute Gasteiger partial charge is 0.104 e. The Morgan fingerprint density at radius 2 is 1.89 bits per heavy atom. The number of rotatable bonds is 4. The van der Waals surface area contributed by atoms with E-state index < -0.39 is 5.60 Å². The van der Waals surface area contributed by atoms with Crippen molar-refractivity contribution in [2.75, 3.05) is 11.9 Å². The lowest BCUT2D eigenvalue weighted by atomic mass is 9.96. The van der Waals surface area contributed by atoms with E-state index in [1.54, 1.807) is 19.1 Å². The monoisotopic (exact) mass is 252 g/mol. The van der Waals surface area contributed by atoms with Gasteiger partial charge in [-0.2, -0.15) is 5.26 Å². The Kier molecular flexibility index (Phi) is 3.84. The maximum Gasteiger partial charge on any atom is 0.104 e. The second-order valence-corrected chi connectivity index (χ2v) is 4.69. The van der Waals surface area contributed by atoms with Crippen molar-refractivity contribution in [1.29, 1.82) is 5.26 Å². The minimum atomic E-state index is -0.954. The van der Waals surface area contributed by atoms with E-state index in [-0.39, 0.29) is 0 Å². The molecule has 0 aliphatic rings. The van der Waals surface area contributed by atoms with E-state index in [2.05, 4.69) is 11.4 Å². The zero-order chi connectivity index (χ0) is 13.7. The van der Waals surface area contributed by atoms with Crippen LogP contribution in [0.2, 0.25) is 0 Å². The third-order valence-electron chi connectivity index (χ3n) is 3.02. The highest BCUT2D eigenvalue weighted by Crippen LogP contribution is 2.21. The van der Waals surface area contributed by atoms with E-state index >= 15 is 0 Å². The molecule has 1 atom stereocenters. The van der Waals surface area contributed by atoms with E-state index in [1.165, 1.54) is 0 Å². The number of benzene rings is 2. The van der Waals surface area contributed by atoms with Crippen LogP contribution in [0.3, 0.4) is 0 Å². The van der Waals surface area contributed by atoms with Crippen molar-refractivity contribution in [3.63, 3.8) is 0 Å². The summed E-state index contributed by atoms with van der Waals surface area (Å²) in [5, 5.41) is 22.4. The third-order valence-corrected chi connectivity index (χ3v) is 3.02. The largest absolute Gasteiger partial charge is 0.384 e. The Bertz CT molecular complexity index is 585. The summed E-state index contributed by atoms with van der Waals surface area (Å²) in [7, 11) is 0. The molecule has 0 saturated carbocycles. The van der Waals surface area contributed by atoms with E-state index in [0.29, 0.717) is 12.1 Å². The van der Waals surface area contributed by atoms with Gasteiger partial charge in [-0.15, -0.1) is 0 Å². The molecule has 0 aromatic heterocycles. The van der Waals surface area contributed by atoms with Crippen molar-refractivity contribution in [2.24, 2.45) is 0 Å². The molecule has 0 spiro atoms. The Morgan fingerprint density at radius 1 is 1.16 bits per heavy atom. The molecule has 0 radical (unpaired) electrons. The van der Waals surface area contributed by atoms with Gasteiger partial charge in [0.25, 0.3) is 0 Å². The quantitative estimate of drug-likeness (QED) is 0.879. The highest BCUT2D eigenvalue weighted by Gasteiger charge is 2.22. The summed E-state index contributed by atoms with van der Waals surface area (Å²) >= 11 is 0. The van der Waals surface area contributed by atoms with Gasteiger partial charge in [0, 0.05) is 12.2 Å². The van der Waals surface area contributed by atoms with Crippen molar-refractivity contribution < 1.29 is 5.11 Å². The van der Waals surface area contributed by atoms with Crippen LogP contribution in [0, 0.1) is 11.3 Å². The Labute approximate surface area is 113 Å². The van der Waals surface area contributed by atoms with Crippen molar-refractivity contribution in [1.82, 2.24) is 0 Å². The molecule has 0 amide bonds. The first-order valence-electron chi connectivity index (χ1n) is 6.14. The molecule has 0 aliphatic heterocycles. The van der Waals surface area contributed by atoms with Crippen molar-refractivity contribution >= 4 is 5.69 Å². The van der Waals surface area contributed by atoms with Crippen molar-refractivity contribution in [2.45, 2.75) is 12.5 Å². The van der Waals surface area contributed by atoms with Crippen LogP contribution >= 0.6 is 0 Å². The van der Waals surface area contributed by atoms with E-state index in [1.807, 2.05) is 42.5 Å². The zero-order valence-corrected chi connectivity index (χ0v) is 10.8. The predicted octanol–water partition coefficient (Wildman–Crippen LogP) is 2.88. The Hall–Kier alpha value is -2.31. The molecule has 0 saturated heterocycles. The second kappa shape index (κ2) is 5.55. The topological polar surface area (TPSA) is 56.0 Å². The standard InChI is InChI=1S/C16H16N2O/c1-16(19,14-7-3-2-4-8-14)12-18-15-9-5-6-13(10-15)11-17/h2-10,18-19H,12H2,1H3. The van der Waals surface area contributed by atoms with E-state index in [4.69, 9.17) is 5.26 Å². The van der Waals surface area contributed by atoms with Gasteiger partial charge in [0.15, 0.2) is 0 Å². The van der Waals surface area contributed by atoms with Crippen molar-refractivity contribution in [3.05, 3.63) is 65.7 Å². The number of nitriles is 1. The fourth-order valence-electron chi connectivity index (χ4n) is 1.87. The average molecular weight is 252 g/mol. The lowest BCUT2D eigenvalue weighted by Gasteiger charge is -2.24. The van der Waals surface area contributed by atoms with Crippen LogP contribution in [0.1, 0.15) is 18.1 Å². The van der Waals surface area contributed by atoms with E-state index in [9.17, 15) is 5.11 Å². The number of aliphatic hydroxyl groups is 1. The van der Waals surface area contributed by atoms with Gasteiger partial charge in [0.05, 0.1) is 11.6 Å². The van der Waals surface area contributed by atoms with Gasteiger partial charge < -0.3 is 10.4 Å². The SMILES string of the molecule is CC(O)(CNc1cccc(C#N)c1)c1ccccc1. The molecular weight excluding hydrogens is 236 g/mol. The maximum atomic E-state index is 10.4. The normalized spacial score (nSPS) is 13.3. The molecule has 3 nitrogen and oxygen atoms in total. The van der Waals surface area contributed by atoms with Gasteiger partial charge in [-0.3, -0.25) is 0 Å². The van der Waals surface area contributed by atoms with Crippen LogP contribution in [0.5, 0.6) is 0 Å². The molecule has 2 N–H and O–H groups in total. The van der Waals surface area contributed by atoms with Crippen molar-refractivity contribution in [3.8, 4) is 6.07 Å². The molecule has 0 fully saturated rings. The summed E-state index contributed by atoms with van der Waals surface area (Å²) in [6.07, 6.45) is 0. The van der Waals surface area contributed by atoms with E-state index in [0.717, 1.165) is 11.3 Å². The molecule has 3 heteroatoms. The fraction of sp³-hybridized carbons (Fsp3) is 0.188. The molecule has 0 aliphatic carbocycles. The number of hydrogen-bond donors (Lipinski definition) is 2. The summed E-state index contributed by atoms with van der Waals surface area (Å²) in [5.41, 5.74) is 1.34. The van der Waals surface area contributed by atoms with Crippen LogP contribution in [0.25, 0.3) is 0 Å². The predicted molar refractivity (Wildman–Crippen MR) is 75.7 cm³/mol. The lowest BCUT2D eigenvalue weighted by Crippen LogP contribution is -2.30. The molecular formula is C16H16N2O. The van der Waals surface area contributed by atoms with Gasteiger partial charge in [0.2, 0.25) is 0 Å². The molecule has 96 valence electrons. The first-order chi connectivity index (χ1) is 9.12. The number of hydrogen-bond acceptors (Lipinski definition) is 3. The molecule has 0 heterocycles. The highest BCUT2D eigenvalue weighted by atomic mass is 16.3. The van der Waals surface area contributed by atoms with Crippen LogP contribution in [0.15, 0.2) is 54.6 Å². The number of anilines is 1. The summed E-state index contributed by atoms with van der Waals surface area (Å²) in [5.74, 6) is 0. The first kappa shape index (κ1) is 13.1. The third kappa shape index (κ3) is 3.34. The minimum absolute atomic E-state index is 0.381. The van der Waals surface area contributed by atoms with Crippen LogP contribution < -0.4 is 5.32 Å². The summed E-state index contributed by atoms with van der Waals surface area (Å²) in [4.78, 5) is 0. The minimum Gasteiger partial charge on any atom is -0.384 e. The number of nitrogens with zero attached hydrogens (tertiary/aromatic N) is 1. The summed E-state index contributed by atoms with van der Waals surface area (Å²) in [6, 6.07) is 18.8. The van der Waals surface area contributed by atoms with Gasteiger partial charge in [-0.25, -0.2) is 0 Å². The molecule has 19 heavy (non-hydrogen) atoms. The van der Waals surface area contributed by atoms with Gasteiger partial charge in [-0.05, 0) is 30.7 Å². The molecule has 2 aromatic rings. The molecule has 0 bridgehead atoms. The van der Waals surface area contributed by atoms with Gasteiger partial charge in [-0.1, -0.05) is 36.4 Å². The number of nitrogens with one attached hydrogen (secondary N) is 1. The zero-order valence-electron chi connectivity index (χ0n) is 10.8. The summed E-state index contributed by atoms with van der Waals surface area (Å²) in [6.45, 7) is 2.15. The maximum absolute atomic E-state index is 10.4. The summed E-state index contributed by atoms with van der Waals surface area (Å²) < 4.78 is 0. The molecule has 2 rings (SSSR count). The first-order valence-corrected chi connectivity index (χ1v) is 6.14. The van der Waals surface area contributed by atoms with Crippen LogP contribution in [-0.2, 0) is 5.60 Å². The van der Waals surface area contributed by atoms with Crippen LogP contribution in [-0.4, -0.2) is 11.7 Å².